The number of nitrogens with zero attached hydrogens (tertiary/aromatic N) is 3. The fourth-order valence-electron chi connectivity index (χ4n) is 4.27. The number of ether oxygens (including phenoxy) is 2. The summed E-state index contributed by atoms with van der Waals surface area (Å²) in [5.74, 6) is -0.495. The van der Waals surface area contributed by atoms with Crippen molar-refractivity contribution < 1.29 is 27.5 Å². The lowest BCUT2D eigenvalue weighted by molar-refractivity contribution is -0.154. The van der Waals surface area contributed by atoms with Crippen molar-refractivity contribution in [3.05, 3.63) is 0 Å². The van der Waals surface area contributed by atoms with Crippen molar-refractivity contribution in [1.29, 1.82) is 0 Å². The first-order chi connectivity index (χ1) is 13.5. The summed E-state index contributed by atoms with van der Waals surface area (Å²) in [6.07, 6.45) is 0.614. The molecule has 3 rings (SSSR count). The molecule has 0 spiro atoms. The van der Waals surface area contributed by atoms with Crippen LogP contribution in [0.5, 0.6) is 0 Å². The van der Waals surface area contributed by atoms with Crippen LogP contribution in [0, 0.1) is 0 Å². The second-order valence-corrected chi connectivity index (χ2v) is 10.6. The van der Waals surface area contributed by atoms with E-state index < -0.39 is 33.4 Å². The van der Waals surface area contributed by atoms with Crippen molar-refractivity contribution in [2.45, 2.75) is 57.7 Å². The predicted molar refractivity (Wildman–Crippen MR) is 105 cm³/mol. The number of amides is 1. The fourth-order valence-corrected chi connectivity index (χ4v) is 6.37. The highest BCUT2D eigenvalue weighted by atomic mass is 32.2. The molecule has 0 saturated carbocycles. The molecule has 29 heavy (non-hydrogen) atoms. The standard InChI is InChI=1S/C18H32N4O6S/c1-5-27-15(23)18-7-6-14(12-19-13-18)22(18)29(25,26)21-10-8-20(9-11-21)16(24)28-17(2,3)4/h14,19H,5-13H2,1-4H3. The van der Waals surface area contributed by atoms with Gasteiger partial charge in [-0.2, -0.15) is 17.0 Å². The maximum Gasteiger partial charge on any atom is 0.410 e. The lowest BCUT2D eigenvalue weighted by Gasteiger charge is -2.45. The molecule has 3 heterocycles. The highest BCUT2D eigenvalue weighted by molar-refractivity contribution is 7.86. The number of carbonyl (C=O) groups is 2. The Kier molecular flexibility index (Phi) is 6.15. The third-order valence-corrected chi connectivity index (χ3v) is 7.73. The van der Waals surface area contributed by atoms with Gasteiger partial charge in [-0.15, -0.1) is 0 Å². The SMILES string of the molecule is CCOC(=O)C12CCC(CNC1)N2S(=O)(=O)N1CCN(C(=O)OC(C)(C)C)CC1. The largest absolute Gasteiger partial charge is 0.465 e. The van der Waals surface area contributed by atoms with Crippen molar-refractivity contribution >= 4 is 22.3 Å². The molecule has 3 aliphatic rings. The zero-order valence-corrected chi connectivity index (χ0v) is 18.5. The summed E-state index contributed by atoms with van der Waals surface area (Å²) in [5.41, 5.74) is -1.80. The van der Waals surface area contributed by atoms with Crippen LogP contribution in [0.1, 0.15) is 40.5 Å². The van der Waals surface area contributed by atoms with E-state index in [4.69, 9.17) is 9.47 Å². The van der Waals surface area contributed by atoms with Crippen molar-refractivity contribution in [1.82, 2.24) is 18.8 Å². The summed E-state index contributed by atoms with van der Waals surface area (Å²) in [6.45, 7) is 8.88. The van der Waals surface area contributed by atoms with E-state index in [9.17, 15) is 18.0 Å². The van der Waals surface area contributed by atoms with E-state index in [1.807, 2.05) is 0 Å². The summed E-state index contributed by atoms with van der Waals surface area (Å²) >= 11 is 0. The van der Waals surface area contributed by atoms with Gasteiger partial charge in [-0.1, -0.05) is 0 Å². The molecule has 3 aliphatic heterocycles. The Balaban J connectivity index is 1.74. The van der Waals surface area contributed by atoms with Crippen LogP contribution in [0.3, 0.4) is 0 Å². The minimum Gasteiger partial charge on any atom is -0.465 e. The molecule has 3 fully saturated rings. The third-order valence-electron chi connectivity index (χ3n) is 5.56. The zero-order chi connectivity index (χ0) is 21.4. The van der Waals surface area contributed by atoms with Crippen LogP contribution in [0.25, 0.3) is 0 Å². The van der Waals surface area contributed by atoms with Crippen molar-refractivity contribution in [2.75, 3.05) is 45.9 Å². The molecule has 10 nitrogen and oxygen atoms in total. The molecule has 2 atom stereocenters. The van der Waals surface area contributed by atoms with Crippen LogP contribution in [0.2, 0.25) is 0 Å². The number of piperazine rings is 2. The first-order valence-electron chi connectivity index (χ1n) is 10.2. The number of fused-ring (bicyclic) bond motifs is 2. The summed E-state index contributed by atoms with van der Waals surface area (Å²) < 4.78 is 40.4. The molecule has 166 valence electrons. The van der Waals surface area contributed by atoms with Gasteiger partial charge < -0.3 is 19.7 Å². The predicted octanol–water partition coefficient (Wildman–Crippen LogP) is 0.153. The van der Waals surface area contributed by atoms with Gasteiger partial charge in [0.15, 0.2) is 0 Å². The van der Waals surface area contributed by atoms with E-state index in [1.165, 1.54) is 13.5 Å². The highest BCUT2D eigenvalue weighted by Gasteiger charge is 2.61. The lowest BCUT2D eigenvalue weighted by atomic mass is 9.98. The van der Waals surface area contributed by atoms with Gasteiger partial charge in [0, 0.05) is 45.3 Å². The van der Waals surface area contributed by atoms with Crippen LogP contribution >= 0.6 is 0 Å². The summed E-state index contributed by atoms with van der Waals surface area (Å²) in [6, 6.07) is -0.276. The van der Waals surface area contributed by atoms with E-state index in [1.54, 1.807) is 27.7 Å². The number of esters is 1. The van der Waals surface area contributed by atoms with Gasteiger partial charge in [-0.05, 0) is 40.5 Å². The number of nitrogens with one attached hydrogen (secondary N) is 1. The Morgan fingerprint density at radius 1 is 1.17 bits per heavy atom. The van der Waals surface area contributed by atoms with E-state index in [-0.39, 0.29) is 45.4 Å². The van der Waals surface area contributed by atoms with Gasteiger partial charge in [0.05, 0.1) is 6.61 Å². The first kappa shape index (κ1) is 22.3. The molecule has 0 aliphatic carbocycles. The molecule has 1 N–H and O–H groups in total. The molecule has 0 aromatic heterocycles. The number of hydrogen-bond donors (Lipinski definition) is 1. The molecule has 1 amide bonds. The van der Waals surface area contributed by atoms with Crippen molar-refractivity contribution in [2.24, 2.45) is 0 Å². The Bertz CT molecular complexity index is 740. The van der Waals surface area contributed by atoms with E-state index in [0.717, 1.165) is 0 Å². The maximum absolute atomic E-state index is 13.5. The molecular formula is C18H32N4O6S. The smallest absolute Gasteiger partial charge is 0.410 e. The van der Waals surface area contributed by atoms with Gasteiger partial charge in [-0.25, -0.2) is 9.59 Å². The second kappa shape index (κ2) is 8.01. The quantitative estimate of drug-likeness (QED) is 0.630. The average molecular weight is 433 g/mol. The fraction of sp³-hybridized carbons (Fsp3) is 0.889. The van der Waals surface area contributed by atoms with E-state index >= 15 is 0 Å². The Labute approximate surface area is 172 Å². The summed E-state index contributed by atoms with van der Waals surface area (Å²) in [7, 11) is -3.88. The molecule has 0 aromatic carbocycles. The van der Waals surface area contributed by atoms with Gasteiger partial charge in [0.25, 0.3) is 10.2 Å². The molecule has 2 unspecified atom stereocenters. The van der Waals surface area contributed by atoms with Gasteiger partial charge >= 0.3 is 12.1 Å². The van der Waals surface area contributed by atoms with Crippen molar-refractivity contribution in [3.8, 4) is 0 Å². The summed E-state index contributed by atoms with van der Waals surface area (Å²) in [5, 5.41) is 3.18. The van der Waals surface area contributed by atoms with Gasteiger partial charge in [-0.3, -0.25) is 0 Å². The molecule has 11 heteroatoms. The topological polar surface area (TPSA) is 108 Å². The maximum atomic E-state index is 13.5. The minimum absolute atomic E-state index is 0.164. The summed E-state index contributed by atoms with van der Waals surface area (Å²) in [4.78, 5) is 26.5. The number of hydrogen-bond acceptors (Lipinski definition) is 7. The molecule has 3 saturated heterocycles. The minimum atomic E-state index is -3.88. The van der Waals surface area contributed by atoms with Crippen LogP contribution in [0.4, 0.5) is 4.79 Å². The van der Waals surface area contributed by atoms with Crippen LogP contribution < -0.4 is 5.32 Å². The van der Waals surface area contributed by atoms with Crippen LogP contribution in [0.15, 0.2) is 0 Å². The average Bonchev–Trinajstić information content (AvgIpc) is 2.89. The van der Waals surface area contributed by atoms with Gasteiger partial charge in [0.1, 0.15) is 11.1 Å². The normalized spacial score (nSPS) is 29.0. The van der Waals surface area contributed by atoms with Crippen LogP contribution in [-0.4, -0.2) is 97.0 Å². The van der Waals surface area contributed by atoms with Gasteiger partial charge in [0.2, 0.25) is 0 Å². The zero-order valence-electron chi connectivity index (χ0n) is 17.6. The Hall–Kier alpha value is -1.43. The third kappa shape index (κ3) is 4.23. The molecule has 0 aromatic rings. The monoisotopic (exact) mass is 432 g/mol. The molecule has 0 radical (unpaired) electrons. The highest BCUT2D eigenvalue weighted by Crippen LogP contribution is 2.40. The molecule has 2 bridgehead atoms. The molecular weight excluding hydrogens is 400 g/mol. The number of rotatable bonds is 4. The number of carbonyl (C=O) groups excluding carboxylic acids is 2. The first-order valence-corrected chi connectivity index (χ1v) is 11.6. The Morgan fingerprint density at radius 3 is 2.41 bits per heavy atom. The van der Waals surface area contributed by atoms with Crippen LogP contribution in [-0.2, 0) is 24.5 Å². The van der Waals surface area contributed by atoms with E-state index in [2.05, 4.69) is 5.32 Å². The second-order valence-electron chi connectivity index (χ2n) is 8.75. The van der Waals surface area contributed by atoms with Crippen molar-refractivity contribution in [3.63, 3.8) is 0 Å². The van der Waals surface area contributed by atoms with E-state index in [0.29, 0.717) is 19.4 Å². The Morgan fingerprint density at radius 2 is 1.83 bits per heavy atom. The lowest BCUT2D eigenvalue weighted by Crippen LogP contribution is -2.69.